The number of nitrogens with zero attached hydrogens (tertiary/aromatic N) is 2. The number of hydrogen-bond donors (Lipinski definition) is 2. The van der Waals surface area contributed by atoms with Crippen LogP contribution in [0, 0.1) is 11.8 Å². The molecule has 136 valence electrons. The highest BCUT2D eigenvalue weighted by molar-refractivity contribution is 14.0. The summed E-state index contributed by atoms with van der Waals surface area (Å²) in [5, 5.41) is 6.86. The van der Waals surface area contributed by atoms with Crippen molar-refractivity contribution in [1.82, 2.24) is 15.5 Å². The maximum absolute atomic E-state index is 5.49. The average Bonchev–Trinajstić information content (AvgIpc) is 3.33. The van der Waals surface area contributed by atoms with E-state index in [1.165, 1.54) is 19.3 Å². The van der Waals surface area contributed by atoms with Crippen LogP contribution in [0.3, 0.4) is 0 Å². The molecule has 0 amide bonds. The molecule has 5 nitrogen and oxygen atoms in total. The number of rotatable bonds is 8. The van der Waals surface area contributed by atoms with Crippen molar-refractivity contribution >= 4 is 29.9 Å². The van der Waals surface area contributed by atoms with E-state index in [0.717, 1.165) is 57.8 Å². The zero-order valence-corrected chi connectivity index (χ0v) is 17.3. The van der Waals surface area contributed by atoms with Gasteiger partial charge in [0.05, 0.1) is 19.8 Å². The Hall–Kier alpha value is -0.0800. The summed E-state index contributed by atoms with van der Waals surface area (Å²) in [5.74, 6) is 2.55. The molecule has 0 radical (unpaired) electrons. The van der Waals surface area contributed by atoms with E-state index in [1.54, 1.807) is 0 Å². The van der Waals surface area contributed by atoms with Crippen molar-refractivity contribution in [2.45, 2.75) is 46.1 Å². The number of hydrogen-bond acceptors (Lipinski definition) is 3. The minimum atomic E-state index is 0. The first-order chi connectivity index (χ1) is 10.7. The molecule has 1 aliphatic carbocycles. The molecular formula is C17H35IN4O. The van der Waals surface area contributed by atoms with Crippen molar-refractivity contribution < 1.29 is 4.74 Å². The zero-order valence-electron chi connectivity index (χ0n) is 15.0. The van der Waals surface area contributed by atoms with Gasteiger partial charge in [-0.25, -0.2) is 0 Å². The van der Waals surface area contributed by atoms with Crippen LogP contribution in [-0.2, 0) is 4.74 Å². The van der Waals surface area contributed by atoms with Gasteiger partial charge in [-0.2, -0.15) is 0 Å². The summed E-state index contributed by atoms with van der Waals surface area (Å²) in [6.45, 7) is 13.4. The summed E-state index contributed by atoms with van der Waals surface area (Å²) in [7, 11) is 0. The van der Waals surface area contributed by atoms with Crippen LogP contribution in [0.25, 0.3) is 0 Å². The SMILES string of the molecule is CCNC(=NCC(CC(C)C)N1CCOCC1)NCC1CC1.I. The van der Waals surface area contributed by atoms with Crippen LogP contribution in [0.15, 0.2) is 4.99 Å². The normalized spacial score (nSPS) is 21.0. The Kier molecular flexibility index (Phi) is 10.5. The van der Waals surface area contributed by atoms with Gasteiger partial charge in [-0.3, -0.25) is 9.89 Å². The lowest BCUT2D eigenvalue weighted by molar-refractivity contribution is 0.0143. The predicted octanol–water partition coefficient (Wildman–Crippen LogP) is 2.32. The van der Waals surface area contributed by atoms with E-state index in [1.807, 2.05) is 0 Å². The zero-order chi connectivity index (χ0) is 15.8. The molecule has 2 fully saturated rings. The second-order valence-electron chi connectivity index (χ2n) is 6.98. The van der Waals surface area contributed by atoms with Gasteiger partial charge in [-0.15, -0.1) is 24.0 Å². The van der Waals surface area contributed by atoms with Crippen molar-refractivity contribution in [1.29, 1.82) is 0 Å². The molecule has 1 aliphatic heterocycles. The average molecular weight is 438 g/mol. The van der Waals surface area contributed by atoms with Crippen molar-refractivity contribution in [3.05, 3.63) is 0 Å². The highest BCUT2D eigenvalue weighted by atomic mass is 127. The Labute approximate surface area is 159 Å². The summed E-state index contributed by atoms with van der Waals surface area (Å²) in [5.41, 5.74) is 0. The molecule has 1 saturated carbocycles. The van der Waals surface area contributed by atoms with Gasteiger partial charge in [0.1, 0.15) is 0 Å². The van der Waals surface area contributed by atoms with Crippen LogP contribution >= 0.6 is 24.0 Å². The molecule has 2 aliphatic rings. The molecule has 0 aromatic carbocycles. The maximum atomic E-state index is 5.49. The molecule has 1 unspecified atom stereocenters. The first-order valence-corrected chi connectivity index (χ1v) is 9.03. The number of guanidine groups is 1. The van der Waals surface area contributed by atoms with Gasteiger partial charge < -0.3 is 15.4 Å². The Morgan fingerprint density at radius 3 is 2.48 bits per heavy atom. The van der Waals surface area contributed by atoms with E-state index in [2.05, 4.69) is 36.3 Å². The third-order valence-corrected chi connectivity index (χ3v) is 4.37. The lowest BCUT2D eigenvalue weighted by Crippen LogP contribution is -2.46. The summed E-state index contributed by atoms with van der Waals surface area (Å²) >= 11 is 0. The fourth-order valence-electron chi connectivity index (χ4n) is 2.93. The van der Waals surface area contributed by atoms with Crippen molar-refractivity contribution in [3.8, 4) is 0 Å². The maximum Gasteiger partial charge on any atom is 0.191 e. The number of ether oxygens (including phenoxy) is 1. The molecule has 2 N–H and O–H groups in total. The highest BCUT2D eigenvalue weighted by Gasteiger charge is 2.23. The smallest absolute Gasteiger partial charge is 0.191 e. The van der Waals surface area contributed by atoms with E-state index in [-0.39, 0.29) is 24.0 Å². The van der Waals surface area contributed by atoms with Crippen LogP contribution in [0.5, 0.6) is 0 Å². The van der Waals surface area contributed by atoms with Crippen molar-refractivity contribution in [2.24, 2.45) is 16.8 Å². The number of aliphatic imine (C=N–C) groups is 1. The van der Waals surface area contributed by atoms with E-state index >= 15 is 0 Å². The first kappa shape index (κ1) is 21.0. The van der Waals surface area contributed by atoms with Crippen LogP contribution in [0.2, 0.25) is 0 Å². The minimum absolute atomic E-state index is 0. The molecule has 0 bridgehead atoms. The molecule has 23 heavy (non-hydrogen) atoms. The Morgan fingerprint density at radius 1 is 1.22 bits per heavy atom. The van der Waals surface area contributed by atoms with Gasteiger partial charge in [0.25, 0.3) is 0 Å². The Bertz CT molecular complexity index is 341. The van der Waals surface area contributed by atoms with Gasteiger partial charge in [-0.1, -0.05) is 13.8 Å². The molecular weight excluding hydrogens is 403 g/mol. The Morgan fingerprint density at radius 2 is 1.91 bits per heavy atom. The molecule has 0 aromatic heterocycles. The summed E-state index contributed by atoms with van der Waals surface area (Å²) in [4.78, 5) is 7.41. The van der Waals surface area contributed by atoms with E-state index in [9.17, 15) is 0 Å². The van der Waals surface area contributed by atoms with Gasteiger partial charge in [-0.05, 0) is 38.0 Å². The molecule has 0 spiro atoms. The standard InChI is InChI=1S/C17H34N4O.HI/c1-4-18-17(19-12-15-5-6-15)20-13-16(11-14(2)3)21-7-9-22-10-8-21;/h14-16H,4-13H2,1-3H3,(H2,18,19,20);1H. The molecule has 1 atom stereocenters. The summed E-state index contributed by atoms with van der Waals surface area (Å²) in [6, 6.07) is 0.528. The molecule has 0 aromatic rings. The lowest BCUT2D eigenvalue weighted by atomic mass is 10.0. The van der Waals surface area contributed by atoms with Crippen LogP contribution in [-0.4, -0.2) is 62.8 Å². The highest BCUT2D eigenvalue weighted by Crippen LogP contribution is 2.27. The van der Waals surface area contributed by atoms with Crippen LogP contribution < -0.4 is 10.6 Å². The van der Waals surface area contributed by atoms with Crippen LogP contribution in [0.1, 0.15) is 40.0 Å². The fourth-order valence-corrected chi connectivity index (χ4v) is 2.93. The van der Waals surface area contributed by atoms with E-state index in [4.69, 9.17) is 9.73 Å². The summed E-state index contributed by atoms with van der Waals surface area (Å²) < 4.78 is 5.49. The molecule has 1 saturated heterocycles. The monoisotopic (exact) mass is 438 g/mol. The van der Waals surface area contributed by atoms with Crippen molar-refractivity contribution in [3.63, 3.8) is 0 Å². The number of morpholine rings is 1. The van der Waals surface area contributed by atoms with Gasteiger partial charge in [0, 0.05) is 32.2 Å². The predicted molar refractivity (Wildman–Crippen MR) is 108 cm³/mol. The lowest BCUT2D eigenvalue weighted by Gasteiger charge is -2.34. The minimum Gasteiger partial charge on any atom is -0.379 e. The fraction of sp³-hybridized carbons (Fsp3) is 0.941. The number of halogens is 1. The van der Waals surface area contributed by atoms with Gasteiger partial charge in [0.2, 0.25) is 0 Å². The molecule has 2 rings (SSSR count). The van der Waals surface area contributed by atoms with Crippen LogP contribution in [0.4, 0.5) is 0 Å². The third-order valence-electron chi connectivity index (χ3n) is 4.37. The number of nitrogens with one attached hydrogen (secondary N) is 2. The van der Waals surface area contributed by atoms with Gasteiger partial charge in [0.15, 0.2) is 5.96 Å². The third kappa shape index (κ3) is 8.54. The largest absolute Gasteiger partial charge is 0.379 e. The Balaban J connectivity index is 0.00000264. The molecule has 1 heterocycles. The first-order valence-electron chi connectivity index (χ1n) is 9.03. The van der Waals surface area contributed by atoms with E-state index in [0.29, 0.717) is 12.0 Å². The van der Waals surface area contributed by atoms with Crippen molar-refractivity contribution in [2.75, 3.05) is 45.9 Å². The second kappa shape index (κ2) is 11.5. The summed E-state index contributed by atoms with van der Waals surface area (Å²) in [6.07, 6.45) is 3.94. The molecule has 6 heteroatoms. The van der Waals surface area contributed by atoms with E-state index < -0.39 is 0 Å². The topological polar surface area (TPSA) is 48.9 Å². The second-order valence-corrected chi connectivity index (χ2v) is 6.98. The quantitative estimate of drug-likeness (QED) is 0.347. The van der Waals surface area contributed by atoms with Gasteiger partial charge >= 0.3 is 0 Å².